The summed E-state index contributed by atoms with van der Waals surface area (Å²) in [6, 6.07) is 11.1. The van der Waals surface area contributed by atoms with Gasteiger partial charge < -0.3 is 9.64 Å². The third kappa shape index (κ3) is 4.60. The van der Waals surface area contributed by atoms with Crippen LogP contribution in [0.15, 0.2) is 48.5 Å². The third-order valence-electron chi connectivity index (χ3n) is 6.02. The van der Waals surface area contributed by atoms with Crippen LogP contribution < -0.4 is 0 Å². The van der Waals surface area contributed by atoms with Gasteiger partial charge in [0.1, 0.15) is 11.7 Å². The average molecular weight is 459 g/mol. The van der Waals surface area contributed by atoms with Crippen molar-refractivity contribution in [2.24, 2.45) is 5.92 Å². The minimum atomic E-state index is -1.30. The maximum atomic E-state index is 14.8. The zero-order valence-electron chi connectivity index (χ0n) is 17.5. The van der Waals surface area contributed by atoms with Crippen LogP contribution in [0.3, 0.4) is 0 Å². The Labute approximate surface area is 190 Å². The Morgan fingerprint density at radius 1 is 1.03 bits per heavy atom. The van der Waals surface area contributed by atoms with Crippen molar-refractivity contribution in [3.8, 4) is 0 Å². The van der Waals surface area contributed by atoms with Crippen LogP contribution in [0.4, 0.5) is 4.39 Å². The fourth-order valence-corrected chi connectivity index (χ4v) is 4.50. The van der Waals surface area contributed by atoms with Gasteiger partial charge in [0.25, 0.3) is 5.91 Å². The molecule has 2 atom stereocenters. The molecule has 2 aromatic carbocycles. The van der Waals surface area contributed by atoms with Crippen molar-refractivity contribution in [1.29, 1.82) is 0 Å². The van der Waals surface area contributed by atoms with Gasteiger partial charge in [0.15, 0.2) is 5.78 Å². The number of carbonyl (C=O) groups is 3. The van der Waals surface area contributed by atoms with Crippen molar-refractivity contribution in [3.63, 3.8) is 0 Å². The molecule has 0 saturated carbocycles. The number of morpholine rings is 1. The van der Waals surface area contributed by atoms with Gasteiger partial charge in [-0.05, 0) is 36.8 Å². The topological polar surface area (TPSA) is 66.9 Å². The summed E-state index contributed by atoms with van der Waals surface area (Å²) in [7, 11) is 0. The normalized spacial score (nSPS) is 21.9. The van der Waals surface area contributed by atoms with Gasteiger partial charge in [0.05, 0.1) is 19.3 Å². The molecule has 32 heavy (non-hydrogen) atoms. The van der Waals surface area contributed by atoms with Crippen LogP contribution in [-0.2, 0) is 14.3 Å². The molecule has 2 aliphatic heterocycles. The van der Waals surface area contributed by atoms with E-state index in [2.05, 4.69) is 4.90 Å². The zero-order valence-corrected chi connectivity index (χ0v) is 18.3. The van der Waals surface area contributed by atoms with E-state index >= 15 is 0 Å². The summed E-state index contributed by atoms with van der Waals surface area (Å²) < 4.78 is 20.1. The van der Waals surface area contributed by atoms with Crippen molar-refractivity contribution < 1.29 is 23.5 Å². The second-order valence-corrected chi connectivity index (χ2v) is 8.42. The largest absolute Gasteiger partial charge is 0.379 e. The number of hydrogen-bond donors (Lipinski definition) is 0. The highest BCUT2D eigenvalue weighted by Crippen LogP contribution is 2.39. The lowest BCUT2D eigenvalue weighted by atomic mass is 9.86. The maximum Gasteiger partial charge on any atom is 0.291 e. The molecule has 4 rings (SSSR count). The van der Waals surface area contributed by atoms with E-state index in [1.165, 1.54) is 35.2 Å². The van der Waals surface area contributed by atoms with E-state index < -0.39 is 35.3 Å². The number of carbonyl (C=O) groups excluding carboxylic acids is 3. The first-order chi connectivity index (χ1) is 15.5. The molecule has 8 heteroatoms. The van der Waals surface area contributed by atoms with E-state index in [1.807, 2.05) is 0 Å². The SMILES string of the molecule is O=C1C(=O)N(CCCN2CCOCC2)C(c2ccccc2F)C1C(=O)c1ccc(Cl)cc1. The van der Waals surface area contributed by atoms with E-state index in [1.54, 1.807) is 18.2 Å². The molecule has 6 nitrogen and oxygen atoms in total. The van der Waals surface area contributed by atoms with Crippen molar-refractivity contribution in [3.05, 3.63) is 70.5 Å². The number of benzene rings is 2. The van der Waals surface area contributed by atoms with Crippen molar-refractivity contribution in [1.82, 2.24) is 9.80 Å². The second-order valence-electron chi connectivity index (χ2n) is 7.99. The Morgan fingerprint density at radius 2 is 1.72 bits per heavy atom. The predicted octanol–water partition coefficient (Wildman–Crippen LogP) is 3.15. The molecule has 2 unspecified atom stereocenters. The average Bonchev–Trinajstić information content (AvgIpc) is 3.05. The van der Waals surface area contributed by atoms with Gasteiger partial charge in [-0.3, -0.25) is 19.3 Å². The molecule has 2 saturated heterocycles. The summed E-state index contributed by atoms with van der Waals surface area (Å²) in [5, 5.41) is 0.450. The van der Waals surface area contributed by atoms with Crippen molar-refractivity contribution in [2.75, 3.05) is 39.4 Å². The van der Waals surface area contributed by atoms with E-state index in [0.29, 0.717) is 24.7 Å². The molecule has 0 spiro atoms. The predicted molar refractivity (Wildman–Crippen MR) is 117 cm³/mol. The Morgan fingerprint density at radius 3 is 2.41 bits per heavy atom. The number of hydrogen-bond acceptors (Lipinski definition) is 5. The van der Waals surface area contributed by atoms with Crippen LogP contribution in [-0.4, -0.2) is 66.7 Å². The number of Topliss-reactive ketones (excluding diaryl/α,β-unsaturated/α-hetero) is 2. The molecule has 2 aliphatic rings. The van der Waals surface area contributed by atoms with Crippen LogP contribution in [0.5, 0.6) is 0 Å². The molecular weight excluding hydrogens is 435 g/mol. The number of nitrogens with zero attached hydrogens (tertiary/aromatic N) is 2. The lowest BCUT2D eigenvalue weighted by molar-refractivity contribution is -0.140. The summed E-state index contributed by atoms with van der Waals surface area (Å²) in [6.45, 7) is 3.92. The number of ether oxygens (including phenoxy) is 1. The molecule has 2 fully saturated rings. The van der Waals surface area contributed by atoms with Crippen LogP contribution in [0.25, 0.3) is 0 Å². The van der Waals surface area contributed by atoms with Crippen LogP contribution >= 0.6 is 11.6 Å². The highest BCUT2D eigenvalue weighted by molar-refractivity contribution is 6.44. The minimum absolute atomic E-state index is 0.172. The zero-order chi connectivity index (χ0) is 22.7. The first kappa shape index (κ1) is 22.6. The molecule has 0 bridgehead atoms. The van der Waals surface area contributed by atoms with E-state index in [4.69, 9.17) is 16.3 Å². The lowest BCUT2D eigenvalue weighted by Gasteiger charge is -2.30. The Bertz CT molecular complexity index is 1010. The Balaban J connectivity index is 1.62. The summed E-state index contributed by atoms with van der Waals surface area (Å²) >= 11 is 5.92. The summed E-state index contributed by atoms with van der Waals surface area (Å²) in [5.74, 6) is -3.91. The van der Waals surface area contributed by atoms with Crippen LogP contribution in [0, 0.1) is 11.7 Å². The van der Waals surface area contributed by atoms with Crippen LogP contribution in [0.2, 0.25) is 5.02 Å². The quantitative estimate of drug-likeness (QED) is 0.362. The molecule has 1 amide bonds. The number of amides is 1. The summed E-state index contributed by atoms with van der Waals surface area (Å²) in [5.41, 5.74) is 0.433. The molecule has 0 aromatic heterocycles. The van der Waals surface area contributed by atoms with Gasteiger partial charge in [-0.1, -0.05) is 29.8 Å². The first-order valence-corrected chi connectivity index (χ1v) is 11.0. The summed E-state index contributed by atoms with van der Waals surface area (Å²) in [6.07, 6.45) is 0.603. The third-order valence-corrected chi connectivity index (χ3v) is 6.27. The fraction of sp³-hybridized carbons (Fsp3) is 0.375. The standard InChI is InChI=1S/C24H24ClFN2O4/c25-17-8-6-16(7-9-17)22(29)20-21(18-4-1-2-5-19(18)26)28(24(31)23(20)30)11-3-10-27-12-14-32-15-13-27/h1-2,4-9,20-21H,3,10-15H2. The number of rotatable bonds is 7. The van der Waals surface area contributed by atoms with Gasteiger partial charge in [0.2, 0.25) is 5.78 Å². The molecule has 168 valence electrons. The first-order valence-electron chi connectivity index (χ1n) is 10.7. The van der Waals surface area contributed by atoms with E-state index in [9.17, 15) is 18.8 Å². The molecule has 2 heterocycles. The van der Waals surface area contributed by atoms with Gasteiger partial charge in [-0.25, -0.2) is 4.39 Å². The van der Waals surface area contributed by atoms with Gasteiger partial charge in [0, 0.05) is 42.3 Å². The van der Waals surface area contributed by atoms with E-state index in [0.717, 1.165) is 19.6 Å². The highest BCUT2D eigenvalue weighted by atomic mass is 35.5. The Kier molecular flexibility index (Phi) is 6.98. The van der Waals surface area contributed by atoms with Crippen molar-refractivity contribution >= 4 is 29.1 Å². The molecular formula is C24H24ClFN2O4. The fourth-order valence-electron chi connectivity index (χ4n) is 4.37. The number of likely N-dealkylation sites (tertiary alicyclic amines) is 1. The second kappa shape index (κ2) is 9.90. The van der Waals surface area contributed by atoms with Gasteiger partial charge >= 0.3 is 0 Å². The maximum absolute atomic E-state index is 14.8. The van der Waals surface area contributed by atoms with Crippen LogP contribution in [0.1, 0.15) is 28.4 Å². The van der Waals surface area contributed by atoms with Gasteiger partial charge in [-0.2, -0.15) is 0 Å². The minimum Gasteiger partial charge on any atom is -0.379 e. The molecule has 0 aliphatic carbocycles. The van der Waals surface area contributed by atoms with Gasteiger partial charge in [-0.15, -0.1) is 0 Å². The highest BCUT2D eigenvalue weighted by Gasteiger charge is 2.52. The lowest BCUT2D eigenvalue weighted by Crippen LogP contribution is -2.39. The molecule has 2 aromatic rings. The molecule has 0 N–H and O–H groups in total. The van der Waals surface area contributed by atoms with Crippen molar-refractivity contribution in [2.45, 2.75) is 12.5 Å². The summed E-state index contributed by atoms with van der Waals surface area (Å²) in [4.78, 5) is 42.8. The monoisotopic (exact) mass is 458 g/mol. The van der Waals surface area contributed by atoms with E-state index in [-0.39, 0.29) is 17.7 Å². The number of halogens is 2. The molecule has 0 radical (unpaired) electrons. The Hall–Kier alpha value is -2.61. The number of ketones is 2. The smallest absolute Gasteiger partial charge is 0.291 e.